The summed E-state index contributed by atoms with van der Waals surface area (Å²) in [5, 5.41) is 2.92. The Bertz CT molecular complexity index is 440. The van der Waals surface area contributed by atoms with Gasteiger partial charge < -0.3 is 14.8 Å². The van der Waals surface area contributed by atoms with Crippen molar-refractivity contribution in [3.63, 3.8) is 0 Å². The first kappa shape index (κ1) is 10.6. The van der Waals surface area contributed by atoms with Crippen molar-refractivity contribution in [2.45, 2.75) is 25.4 Å². The van der Waals surface area contributed by atoms with E-state index in [1.807, 2.05) is 18.2 Å². The third kappa shape index (κ3) is 2.42. The Kier molecular flexibility index (Phi) is 2.73. The molecule has 2 aliphatic heterocycles. The van der Waals surface area contributed by atoms with Crippen LogP contribution in [0.5, 0.6) is 5.75 Å². The lowest BCUT2D eigenvalue weighted by Crippen LogP contribution is -2.10. The molecule has 4 heteroatoms. The van der Waals surface area contributed by atoms with E-state index >= 15 is 0 Å². The smallest absolute Gasteiger partial charge is 0.224 e. The predicted octanol–water partition coefficient (Wildman–Crippen LogP) is 1.74. The molecule has 0 bridgehead atoms. The summed E-state index contributed by atoms with van der Waals surface area (Å²) in [6, 6.07) is 5.80. The predicted molar refractivity (Wildman–Crippen MR) is 63.2 cm³/mol. The van der Waals surface area contributed by atoms with Crippen LogP contribution in [-0.2, 0) is 16.0 Å². The second-order valence-corrected chi connectivity index (χ2v) is 4.45. The van der Waals surface area contributed by atoms with E-state index in [0.29, 0.717) is 13.0 Å². The van der Waals surface area contributed by atoms with Gasteiger partial charge >= 0.3 is 0 Å². The van der Waals surface area contributed by atoms with Crippen LogP contribution in [0.2, 0.25) is 0 Å². The van der Waals surface area contributed by atoms with Crippen LogP contribution in [0.1, 0.15) is 18.4 Å². The Morgan fingerprint density at radius 1 is 1.41 bits per heavy atom. The van der Waals surface area contributed by atoms with Gasteiger partial charge in [0.1, 0.15) is 18.5 Å². The zero-order chi connectivity index (χ0) is 11.7. The lowest BCUT2D eigenvalue weighted by Gasteiger charge is -2.12. The van der Waals surface area contributed by atoms with Gasteiger partial charge in [-0.25, -0.2) is 0 Å². The van der Waals surface area contributed by atoms with E-state index in [0.717, 1.165) is 36.4 Å². The summed E-state index contributed by atoms with van der Waals surface area (Å²) >= 11 is 0. The molecule has 1 aromatic carbocycles. The minimum absolute atomic E-state index is 0.0893. The van der Waals surface area contributed by atoms with Gasteiger partial charge in [-0.1, -0.05) is 6.07 Å². The molecular weight excluding hydrogens is 218 g/mol. The molecule has 17 heavy (non-hydrogen) atoms. The SMILES string of the molecule is O=C1CCCc2c(cccc2OCC2CO2)N1. The van der Waals surface area contributed by atoms with Gasteiger partial charge in [0.25, 0.3) is 0 Å². The summed E-state index contributed by atoms with van der Waals surface area (Å²) in [6.07, 6.45) is 2.60. The molecule has 0 radical (unpaired) electrons. The fraction of sp³-hybridized carbons (Fsp3) is 0.462. The van der Waals surface area contributed by atoms with E-state index in [1.54, 1.807) is 0 Å². The van der Waals surface area contributed by atoms with Crippen molar-refractivity contribution in [2.75, 3.05) is 18.5 Å². The molecule has 1 saturated heterocycles. The molecule has 4 nitrogen and oxygen atoms in total. The number of fused-ring (bicyclic) bond motifs is 1. The van der Waals surface area contributed by atoms with Crippen molar-refractivity contribution in [3.05, 3.63) is 23.8 Å². The van der Waals surface area contributed by atoms with E-state index in [9.17, 15) is 4.79 Å². The zero-order valence-corrected chi connectivity index (χ0v) is 9.57. The van der Waals surface area contributed by atoms with Gasteiger partial charge in [-0.3, -0.25) is 4.79 Å². The fourth-order valence-corrected chi connectivity index (χ4v) is 2.06. The summed E-state index contributed by atoms with van der Waals surface area (Å²) in [5.41, 5.74) is 2.00. The number of benzene rings is 1. The summed E-state index contributed by atoms with van der Waals surface area (Å²) in [4.78, 5) is 11.5. The highest BCUT2D eigenvalue weighted by Gasteiger charge is 2.24. The second-order valence-electron chi connectivity index (χ2n) is 4.45. The highest BCUT2D eigenvalue weighted by molar-refractivity contribution is 5.92. The van der Waals surface area contributed by atoms with Crippen LogP contribution in [0.3, 0.4) is 0 Å². The van der Waals surface area contributed by atoms with Crippen molar-refractivity contribution < 1.29 is 14.3 Å². The van der Waals surface area contributed by atoms with Crippen LogP contribution in [0.15, 0.2) is 18.2 Å². The monoisotopic (exact) mass is 233 g/mol. The molecule has 1 unspecified atom stereocenters. The quantitative estimate of drug-likeness (QED) is 0.809. The van der Waals surface area contributed by atoms with Gasteiger partial charge in [-0.05, 0) is 25.0 Å². The molecule has 1 atom stereocenters. The first-order chi connectivity index (χ1) is 8.33. The standard InChI is InChI=1S/C13H15NO3/c15-13-6-1-3-10-11(14-13)4-2-5-12(10)17-8-9-7-16-9/h2,4-5,9H,1,3,6-8H2,(H,14,15). The first-order valence-corrected chi connectivity index (χ1v) is 5.99. The molecule has 1 aromatic rings. The lowest BCUT2D eigenvalue weighted by atomic mass is 10.1. The highest BCUT2D eigenvalue weighted by atomic mass is 16.6. The number of hydrogen-bond acceptors (Lipinski definition) is 3. The average Bonchev–Trinajstić information content (AvgIpc) is 3.12. The van der Waals surface area contributed by atoms with Crippen LogP contribution in [0.4, 0.5) is 5.69 Å². The molecular formula is C13H15NO3. The number of carbonyl (C=O) groups is 1. The van der Waals surface area contributed by atoms with Crippen LogP contribution in [-0.4, -0.2) is 25.2 Å². The number of ether oxygens (including phenoxy) is 2. The van der Waals surface area contributed by atoms with Crippen molar-refractivity contribution in [1.82, 2.24) is 0 Å². The third-order valence-corrected chi connectivity index (χ3v) is 3.06. The summed E-state index contributed by atoms with van der Waals surface area (Å²) in [5.74, 6) is 0.964. The minimum Gasteiger partial charge on any atom is -0.490 e. The molecule has 0 aliphatic carbocycles. The molecule has 2 heterocycles. The number of hydrogen-bond donors (Lipinski definition) is 1. The molecule has 3 rings (SSSR count). The Morgan fingerprint density at radius 3 is 3.12 bits per heavy atom. The Hall–Kier alpha value is -1.55. The zero-order valence-electron chi connectivity index (χ0n) is 9.57. The van der Waals surface area contributed by atoms with E-state index in [1.165, 1.54) is 0 Å². The lowest BCUT2D eigenvalue weighted by molar-refractivity contribution is -0.116. The van der Waals surface area contributed by atoms with E-state index < -0.39 is 0 Å². The van der Waals surface area contributed by atoms with Crippen LogP contribution in [0.25, 0.3) is 0 Å². The number of rotatable bonds is 3. The first-order valence-electron chi connectivity index (χ1n) is 5.99. The molecule has 2 aliphatic rings. The molecule has 1 amide bonds. The van der Waals surface area contributed by atoms with E-state index in [2.05, 4.69) is 5.32 Å². The molecule has 1 N–H and O–H groups in total. The maximum Gasteiger partial charge on any atom is 0.224 e. The van der Waals surface area contributed by atoms with E-state index in [4.69, 9.17) is 9.47 Å². The fourth-order valence-electron chi connectivity index (χ4n) is 2.06. The number of carbonyl (C=O) groups excluding carboxylic acids is 1. The average molecular weight is 233 g/mol. The third-order valence-electron chi connectivity index (χ3n) is 3.06. The number of epoxide rings is 1. The summed E-state index contributed by atoms with van der Waals surface area (Å²) in [6.45, 7) is 1.40. The molecule has 1 fully saturated rings. The highest BCUT2D eigenvalue weighted by Crippen LogP contribution is 2.31. The largest absolute Gasteiger partial charge is 0.490 e. The van der Waals surface area contributed by atoms with Gasteiger partial charge in [0, 0.05) is 17.7 Å². The molecule has 0 aromatic heterocycles. The molecule has 0 spiro atoms. The normalized spacial score (nSPS) is 22.4. The van der Waals surface area contributed by atoms with Gasteiger partial charge in [0.15, 0.2) is 0 Å². The van der Waals surface area contributed by atoms with Crippen molar-refractivity contribution in [1.29, 1.82) is 0 Å². The van der Waals surface area contributed by atoms with Crippen molar-refractivity contribution >= 4 is 11.6 Å². The van der Waals surface area contributed by atoms with E-state index in [-0.39, 0.29) is 12.0 Å². The van der Waals surface area contributed by atoms with Gasteiger partial charge in [0.05, 0.1) is 6.61 Å². The number of nitrogens with one attached hydrogen (secondary N) is 1. The summed E-state index contributed by atoms with van der Waals surface area (Å²) in [7, 11) is 0. The Balaban J connectivity index is 1.82. The van der Waals surface area contributed by atoms with Gasteiger partial charge in [-0.15, -0.1) is 0 Å². The number of anilines is 1. The Labute approximate surface area is 99.9 Å². The Morgan fingerprint density at radius 2 is 2.29 bits per heavy atom. The maximum absolute atomic E-state index is 11.5. The van der Waals surface area contributed by atoms with Crippen molar-refractivity contribution in [3.8, 4) is 5.75 Å². The van der Waals surface area contributed by atoms with Gasteiger partial charge in [0.2, 0.25) is 5.91 Å². The summed E-state index contributed by atoms with van der Waals surface area (Å²) < 4.78 is 10.9. The maximum atomic E-state index is 11.5. The minimum atomic E-state index is 0.0893. The van der Waals surface area contributed by atoms with Gasteiger partial charge in [-0.2, -0.15) is 0 Å². The van der Waals surface area contributed by atoms with Crippen LogP contribution >= 0.6 is 0 Å². The van der Waals surface area contributed by atoms with Crippen LogP contribution in [0, 0.1) is 0 Å². The topological polar surface area (TPSA) is 50.9 Å². The van der Waals surface area contributed by atoms with Crippen molar-refractivity contribution in [2.24, 2.45) is 0 Å². The van der Waals surface area contributed by atoms with Crippen LogP contribution < -0.4 is 10.1 Å². The number of amides is 1. The molecule has 90 valence electrons. The molecule has 0 saturated carbocycles. The second kappa shape index (κ2) is 4.37.